The summed E-state index contributed by atoms with van der Waals surface area (Å²) in [5.74, 6) is 0.859. The van der Waals surface area contributed by atoms with E-state index in [-0.39, 0.29) is 18.9 Å². The van der Waals surface area contributed by atoms with Gasteiger partial charge in [-0.2, -0.15) is 0 Å². The van der Waals surface area contributed by atoms with Crippen molar-refractivity contribution < 1.29 is 23.5 Å². The van der Waals surface area contributed by atoms with Crippen LogP contribution in [0.15, 0.2) is 52.9 Å². The van der Waals surface area contributed by atoms with E-state index in [0.29, 0.717) is 34.3 Å². The molecular formula is C22H22N2O5. The number of para-hydroxylation sites is 1. The van der Waals surface area contributed by atoms with Crippen LogP contribution in [0.25, 0.3) is 11.5 Å². The number of esters is 1. The first-order valence-electron chi connectivity index (χ1n) is 9.18. The summed E-state index contributed by atoms with van der Waals surface area (Å²) in [5, 5.41) is 2.75. The molecule has 3 aromatic rings. The second-order valence-electron chi connectivity index (χ2n) is 6.24. The van der Waals surface area contributed by atoms with E-state index in [4.69, 9.17) is 13.9 Å². The molecule has 1 heterocycles. The number of rotatable bonds is 7. The standard InChI is InChI=1S/C22H22N2O5/c1-4-28-22(26)17-10-5-6-11-18(17)23-20(25)13-19-14(2)29-21(24-19)15-8-7-9-16(12-15)27-3/h5-12H,4,13H2,1-3H3,(H,23,25). The maximum absolute atomic E-state index is 12.5. The lowest BCUT2D eigenvalue weighted by Crippen LogP contribution is -2.18. The zero-order chi connectivity index (χ0) is 20.8. The molecule has 3 rings (SSSR count). The molecular weight excluding hydrogens is 372 g/mol. The van der Waals surface area contributed by atoms with Gasteiger partial charge in [0.25, 0.3) is 0 Å². The van der Waals surface area contributed by atoms with E-state index in [0.717, 1.165) is 5.56 Å². The van der Waals surface area contributed by atoms with Crippen molar-refractivity contribution in [1.29, 1.82) is 0 Å². The molecule has 0 bridgehead atoms. The highest BCUT2D eigenvalue weighted by molar-refractivity contribution is 6.01. The molecule has 0 saturated heterocycles. The average Bonchev–Trinajstić information content (AvgIpc) is 3.09. The van der Waals surface area contributed by atoms with Crippen molar-refractivity contribution in [2.24, 2.45) is 0 Å². The van der Waals surface area contributed by atoms with E-state index >= 15 is 0 Å². The van der Waals surface area contributed by atoms with Gasteiger partial charge in [0.1, 0.15) is 11.5 Å². The Morgan fingerprint density at radius 2 is 1.93 bits per heavy atom. The van der Waals surface area contributed by atoms with Crippen molar-refractivity contribution in [3.63, 3.8) is 0 Å². The Morgan fingerprint density at radius 1 is 1.14 bits per heavy atom. The smallest absolute Gasteiger partial charge is 0.340 e. The van der Waals surface area contributed by atoms with Gasteiger partial charge in [-0.15, -0.1) is 0 Å². The number of methoxy groups -OCH3 is 1. The fourth-order valence-corrected chi connectivity index (χ4v) is 2.80. The molecule has 1 amide bonds. The highest BCUT2D eigenvalue weighted by atomic mass is 16.5. The van der Waals surface area contributed by atoms with Crippen LogP contribution < -0.4 is 10.1 Å². The number of hydrogen-bond acceptors (Lipinski definition) is 6. The van der Waals surface area contributed by atoms with Crippen LogP contribution in [-0.4, -0.2) is 30.6 Å². The third-order valence-corrected chi connectivity index (χ3v) is 4.23. The Hall–Kier alpha value is -3.61. The average molecular weight is 394 g/mol. The molecule has 7 nitrogen and oxygen atoms in total. The number of amides is 1. The lowest BCUT2D eigenvalue weighted by Gasteiger charge is -2.09. The lowest BCUT2D eigenvalue weighted by atomic mass is 10.1. The summed E-state index contributed by atoms with van der Waals surface area (Å²) in [4.78, 5) is 29.1. The molecule has 0 fully saturated rings. The van der Waals surface area contributed by atoms with Gasteiger partial charge in [-0.25, -0.2) is 9.78 Å². The third-order valence-electron chi connectivity index (χ3n) is 4.23. The second kappa shape index (κ2) is 9.05. The largest absolute Gasteiger partial charge is 0.497 e. The topological polar surface area (TPSA) is 90.7 Å². The number of carbonyl (C=O) groups excluding carboxylic acids is 2. The van der Waals surface area contributed by atoms with Gasteiger partial charge in [0.05, 0.1) is 37.1 Å². The maximum Gasteiger partial charge on any atom is 0.340 e. The summed E-state index contributed by atoms with van der Waals surface area (Å²) in [6.07, 6.45) is 0.0104. The van der Waals surface area contributed by atoms with Crippen LogP contribution in [0.1, 0.15) is 28.7 Å². The number of carbonyl (C=O) groups is 2. The molecule has 0 spiro atoms. The molecule has 150 valence electrons. The minimum absolute atomic E-state index is 0.0104. The fraction of sp³-hybridized carbons (Fsp3) is 0.227. The molecule has 1 aromatic heterocycles. The van der Waals surface area contributed by atoms with Gasteiger partial charge in [0.2, 0.25) is 11.8 Å². The SMILES string of the molecule is CCOC(=O)c1ccccc1NC(=O)Cc1nc(-c2cccc(OC)c2)oc1C. The maximum atomic E-state index is 12.5. The number of nitrogens with zero attached hydrogens (tertiary/aromatic N) is 1. The molecule has 7 heteroatoms. The first-order chi connectivity index (χ1) is 14.0. The highest BCUT2D eigenvalue weighted by Crippen LogP contribution is 2.25. The van der Waals surface area contributed by atoms with E-state index in [1.54, 1.807) is 45.2 Å². The van der Waals surface area contributed by atoms with Crippen molar-refractivity contribution in [1.82, 2.24) is 4.98 Å². The predicted octanol–water partition coefficient (Wildman–Crippen LogP) is 4.02. The van der Waals surface area contributed by atoms with E-state index in [2.05, 4.69) is 10.3 Å². The monoisotopic (exact) mass is 394 g/mol. The molecule has 0 atom stereocenters. The number of anilines is 1. The van der Waals surface area contributed by atoms with Crippen LogP contribution >= 0.6 is 0 Å². The molecule has 0 unspecified atom stereocenters. The van der Waals surface area contributed by atoms with E-state index in [9.17, 15) is 9.59 Å². The molecule has 0 saturated carbocycles. The molecule has 29 heavy (non-hydrogen) atoms. The molecule has 0 aliphatic rings. The van der Waals surface area contributed by atoms with Gasteiger partial charge >= 0.3 is 5.97 Å². The Balaban J connectivity index is 1.75. The summed E-state index contributed by atoms with van der Waals surface area (Å²) in [6, 6.07) is 14.0. The number of aromatic nitrogens is 1. The van der Waals surface area contributed by atoms with Crippen molar-refractivity contribution in [2.75, 3.05) is 19.0 Å². The molecule has 1 N–H and O–H groups in total. The summed E-state index contributed by atoms with van der Waals surface area (Å²) in [6.45, 7) is 3.74. The Kier molecular flexibility index (Phi) is 6.29. The molecule has 2 aromatic carbocycles. The first-order valence-corrected chi connectivity index (χ1v) is 9.18. The van der Waals surface area contributed by atoms with E-state index in [1.807, 2.05) is 24.3 Å². The molecule has 0 radical (unpaired) electrons. The van der Waals surface area contributed by atoms with Gasteiger partial charge in [-0.05, 0) is 44.2 Å². The fourth-order valence-electron chi connectivity index (χ4n) is 2.80. The summed E-state index contributed by atoms with van der Waals surface area (Å²) >= 11 is 0. The lowest BCUT2D eigenvalue weighted by molar-refractivity contribution is -0.115. The van der Waals surface area contributed by atoms with Crippen LogP contribution in [0, 0.1) is 6.92 Å². The van der Waals surface area contributed by atoms with E-state index < -0.39 is 5.97 Å². The van der Waals surface area contributed by atoms with Gasteiger partial charge in [-0.1, -0.05) is 18.2 Å². The normalized spacial score (nSPS) is 10.4. The number of ether oxygens (including phenoxy) is 2. The van der Waals surface area contributed by atoms with Crippen LogP contribution in [0.4, 0.5) is 5.69 Å². The van der Waals surface area contributed by atoms with Gasteiger partial charge in [0.15, 0.2) is 0 Å². The van der Waals surface area contributed by atoms with Crippen LogP contribution in [0.3, 0.4) is 0 Å². The van der Waals surface area contributed by atoms with Crippen molar-refractivity contribution in [3.8, 4) is 17.2 Å². The first kappa shape index (κ1) is 20.1. The Labute approximate surface area is 168 Å². The molecule has 0 aliphatic heterocycles. The van der Waals surface area contributed by atoms with Gasteiger partial charge in [0, 0.05) is 5.56 Å². The molecule has 0 aliphatic carbocycles. The highest BCUT2D eigenvalue weighted by Gasteiger charge is 2.18. The third kappa shape index (κ3) is 4.82. The van der Waals surface area contributed by atoms with Crippen LogP contribution in [0.5, 0.6) is 5.75 Å². The number of aryl methyl sites for hydroxylation is 1. The van der Waals surface area contributed by atoms with Gasteiger partial charge < -0.3 is 19.2 Å². The minimum Gasteiger partial charge on any atom is -0.497 e. The summed E-state index contributed by atoms with van der Waals surface area (Å²) in [5.41, 5.74) is 1.97. The van der Waals surface area contributed by atoms with Gasteiger partial charge in [-0.3, -0.25) is 4.79 Å². The van der Waals surface area contributed by atoms with E-state index in [1.165, 1.54) is 0 Å². The van der Waals surface area contributed by atoms with Crippen LogP contribution in [-0.2, 0) is 16.0 Å². The number of nitrogens with one attached hydrogen (secondary N) is 1. The number of hydrogen-bond donors (Lipinski definition) is 1. The van der Waals surface area contributed by atoms with Crippen molar-refractivity contribution in [2.45, 2.75) is 20.3 Å². The van der Waals surface area contributed by atoms with Crippen molar-refractivity contribution in [3.05, 3.63) is 65.5 Å². The Bertz CT molecular complexity index is 1030. The summed E-state index contributed by atoms with van der Waals surface area (Å²) in [7, 11) is 1.59. The number of oxazole rings is 1. The zero-order valence-electron chi connectivity index (χ0n) is 16.5. The zero-order valence-corrected chi connectivity index (χ0v) is 16.5. The predicted molar refractivity (Wildman–Crippen MR) is 108 cm³/mol. The van der Waals surface area contributed by atoms with Crippen LogP contribution in [0.2, 0.25) is 0 Å². The minimum atomic E-state index is -0.485. The Morgan fingerprint density at radius 3 is 2.69 bits per heavy atom. The quantitative estimate of drug-likeness (QED) is 0.609. The second-order valence-corrected chi connectivity index (χ2v) is 6.24. The summed E-state index contributed by atoms with van der Waals surface area (Å²) < 4.78 is 16.0. The number of benzene rings is 2. The van der Waals surface area contributed by atoms with Crippen molar-refractivity contribution >= 4 is 17.6 Å².